The highest BCUT2D eigenvalue weighted by atomic mass is 16.5. The average Bonchev–Trinajstić information content (AvgIpc) is 2.28. The molecule has 0 saturated carbocycles. The van der Waals surface area contributed by atoms with Crippen LogP contribution in [-0.4, -0.2) is 26.4 Å². The summed E-state index contributed by atoms with van der Waals surface area (Å²) in [7, 11) is 1.68. The molecule has 0 aliphatic rings. The molecule has 16 heavy (non-hydrogen) atoms. The van der Waals surface area contributed by atoms with Crippen molar-refractivity contribution in [3.05, 3.63) is 29.8 Å². The fourth-order valence-electron chi connectivity index (χ4n) is 1.46. The molecule has 1 aromatic rings. The second-order valence-corrected chi connectivity index (χ2v) is 3.81. The van der Waals surface area contributed by atoms with Crippen molar-refractivity contribution >= 4 is 0 Å². The van der Waals surface area contributed by atoms with E-state index in [4.69, 9.17) is 9.47 Å². The molecule has 1 rings (SSSR count). The molecule has 0 fully saturated rings. The van der Waals surface area contributed by atoms with Crippen molar-refractivity contribution in [3.8, 4) is 5.75 Å². The van der Waals surface area contributed by atoms with E-state index in [1.165, 1.54) is 5.56 Å². The van der Waals surface area contributed by atoms with Crippen molar-refractivity contribution < 1.29 is 9.47 Å². The van der Waals surface area contributed by atoms with E-state index in [0.29, 0.717) is 6.61 Å². The zero-order valence-electron chi connectivity index (χ0n) is 10.3. The number of hydrogen-bond donors (Lipinski definition) is 1. The van der Waals surface area contributed by atoms with E-state index >= 15 is 0 Å². The summed E-state index contributed by atoms with van der Waals surface area (Å²) in [6, 6.07) is 8.16. The minimum atomic E-state index is 0.0876. The van der Waals surface area contributed by atoms with Crippen LogP contribution in [-0.2, 0) is 11.3 Å². The zero-order valence-corrected chi connectivity index (χ0v) is 10.3. The number of hydrogen-bond acceptors (Lipinski definition) is 3. The molecule has 1 aromatic carbocycles. The minimum absolute atomic E-state index is 0.0876. The largest absolute Gasteiger partial charge is 0.488 e. The van der Waals surface area contributed by atoms with Gasteiger partial charge in [-0.1, -0.05) is 19.1 Å². The molecule has 1 unspecified atom stereocenters. The predicted molar refractivity (Wildman–Crippen MR) is 65.8 cm³/mol. The van der Waals surface area contributed by atoms with Crippen LogP contribution in [0.2, 0.25) is 0 Å². The van der Waals surface area contributed by atoms with Gasteiger partial charge >= 0.3 is 0 Å². The maximum absolute atomic E-state index is 5.67. The summed E-state index contributed by atoms with van der Waals surface area (Å²) in [5.74, 6) is 0.893. The Labute approximate surface area is 97.8 Å². The summed E-state index contributed by atoms with van der Waals surface area (Å²) in [4.78, 5) is 0. The van der Waals surface area contributed by atoms with E-state index in [-0.39, 0.29) is 6.10 Å². The first-order valence-corrected chi connectivity index (χ1v) is 5.71. The third kappa shape index (κ3) is 4.64. The van der Waals surface area contributed by atoms with Gasteiger partial charge in [0.1, 0.15) is 11.9 Å². The summed E-state index contributed by atoms with van der Waals surface area (Å²) in [5, 5.41) is 3.28. The number of methoxy groups -OCH3 is 1. The van der Waals surface area contributed by atoms with Crippen LogP contribution in [0.4, 0.5) is 0 Å². The van der Waals surface area contributed by atoms with Crippen LogP contribution < -0.4 is 10.1 Å². The highest BCUT2D eigenvalue weighted by molar-refractivity contribution is 5.27. The first kappa shape index (κ1) is 13.0. The number of rotatable bonds is 7. The number of nitrogens with one attached hydrogen (secondary N) is 1. The van der Waals surface area contributed by atoms with Gasteiger partial charge in [-0.25, -0.2) is 0 Å². The lowest BCUT2D eigenvalue weighted by Crippen LogP contribution is -2.18. The summed E-state index contributed by atoms with van der Waals surface area (Å²) in [6.07, 6.45) is 0.0876. The van der Waals surface area contributed by atoms with Gasteiger partial charge in [0, 0.05) is 13.7 Å². The molecule has 0 saturated heterocycles. The third-order valence-electron chi connectivity index (χ3n) is 2.24. The zero-order chi connectivity index (χ0) is 11.8. The molecule has 1 N–H and O–H groups in total. The van der Waals surface area contributed by atoms with Gasteiger partial charge in [-0.15, -0.1) is 0 Å². The molecule has 0 aliphatic carbocycles. The van der Waals surface area contributed by atoms with Crippen LogP contribution in [0.5, 0.6) is 5.75 Å². The van der Waals surface area contributed by atoms with Crippen LogP contribution in [0.1, 0.15) is 19.4 Å². The molecular formula is C13H21NO2. The lowest BCUT2D eigenvalue weighted by molar-refractivity contribution is 0.0921. The van der Waals surface area contributed by atoms with Gasteiger partial charge in [0.2, 0.25) is 0 Å². The van der Waals surface area contributed by atoms with Gasteiger partial charge in [0.15, 0.2) is 0 Å². The number of ether oxygens (including phenoxy) is 2. The van der Waals surface area contributed by atoms with E-state index < -0.39 is 0 Å². The van der Waals surface area contributed by atoms with Crippen molar-refractivity contribution in [2.24, 2.45) is 0 Å². The molecule has 3 nitrogen and oxygen atoms in total. The lowest BCUT2D eigenvalue weighted by atomic mass is 10.2. The second kappa shape index (κ2) is 7.25. The van der Waals surface area contributed by atoms with Gasteiger partial charge in [0.05, 0.1) is 6.61 Å². The van der Waals surface area contributed by atoms with E-state index in [0.717, 1.165) is 18.8 Å². The Hall–Kier alpha value is -1.06. The quantitative estimate of drug-likeness (QED) is 0.768. The number of benzene rings is 1. The molecule has 0 heterocycles. The SMILES string of the molecule is CCNCc1ccc(OC(C)COC)cc1. The molecule has 90 valence electrons. The molecule has 3 heteroatoms. The van der Waals surface area contributed by atoms with Crippen LogP contribution in [0.3, 0.4) is 0 Å². The normalized spacial score (nSPS) is 12.4. The van der Waals surface area contributed by atoms with Crippen LogP contribution in [0.25, 0.3) is 0 Å². The molecule has 0 aliphatic heterocycles. The minimum Gasteiger partial charge on any atom is -0.488 e. The van der Waals surface area contributed by atoms with E-state index in [1.54, 1.807) is 7.11 Å². The van der Waals surface area contributed by atoms with Crippen molar-refractivity contribution in [3.63, 3.8) is 0 Å². The van der Waals surface area contributed by atoms with E-state index in [1.807, 2.05) is 19.1 Å². The van der Waals surface area contributed by atoms with Crippen LogP contribution >= 0.6 is 0 Å². The molecule has 0 radical (unpaired) electrons. The Morgan fingerprint density at radius 1 is 1.25 bits per heavy atom. The van der Waals surface area contributed by atoms with Crippen molar-refractivity contribution in [1.82, 2.24) is 5.32 Å². The van der Waals surface area contributed by atoms with Crippen molar-refractivity contribution in [2.45, 2.75) is 26.5 Å². The Kier molecular flexibility index (Phi) is 5.90. The smallest absolute Gasteiger partial charge is 0.119 e. The fraction of sp³-hybridized carbons (Fsp3) is 0.538. The maximum atomic E-state index is 5.67. The summed E-state index contributed by atoms with van der Waals surface area (Å²) in [5.41, 5.74) is 1.27. The topological polar surface area (TPSA) is 30.5 Å². The van der Waals surface area contributed by atoms with Gasteiger partial charge in [0.25, 0.3) is 0 Å². The summed E-state index contributed by atoms with van der Waals surface area (Å²) in [6.45, 7) is 6.60. The molecule has 0 aromatic heterocycles. The molecule has 0 spiro atoms. The molecular weight excluding hydrogens is 202 g/mol. The molecule has 1 atom stereocenters. The van der Waals surface area contributed by atoms with Crippen molar-refractivity contribution in [2.75, 3.05) is 20.3 Å². The van der Waals surface area contributed by atoms with Crippen molar-refractivity contribution in [1.29, 1.82) is 0 Å². The predicted octanol–water partition coefficient (Wildman–Crippen LogP) is 2.21. The first-order chi connectivity index (χ1) is 7.76. The van der Waals surface area contributed by atoms with Gasteiger partial charge in [-0.05, 0) is 31.2 Å². The summed E-state index contributed by atoms with van der Waals surface area (Å²) < 4.78 is 10.7. The van der Waals surface area contributed by atoms with Crippen LogP contribution in [0.15, 0.2) is 24.3 Å². The van der Waals surface area contributed by atoms with Gasteiger partial charge < -0.3 is 14.8 Å². The van der Waals surface area contributed by atoms with Gasteiger partial charge in [-0.3, -0.25) is 0 Å². The second-order valence-electron chi connectivity index (χ2n) is 3.81. The maximum Gasteiger partial charge on any atom is 0.119 e. The third-order valence-corrected chi connectivity index (χ3v) is 2.24. The Bertz CT molecular complexity index is 284. The molecule has 0 bridgehead atoms. The average molecular weight is 223 g/mol. The first-order valence-electron chi connectivity index (χ1n) is 5.71. The van der Waals surface area contributed by atoms with Gasteiger partial charge in [-0.2, -0.15) is 0 Å². The lowest BCUT2D eigenvalue weighted by Gasteiger charge is -2.13. The highest BCUT2D eigenvalue weighted by Gasteiger charge is 2.02. The highest BCUT2D eigenvalue weighted by Crippen LogP contribution is 2.13. The Morgan fingerprint density at radius 3 is 2.50 bits per heavy atom. The monoisotopic (exact) mass is 223 g/mol. The summed E-state index contributed by atoms with van der Waals surface area (Å²) >= 11 is 0. The van der Waals surface area contributed by atoms with E-state index in [9.17, 15) is 0 Å². The fourth-order valence-corrected chi connectivity index (χ4v) is 1.46. The molecule has 0 amide bonds. The van der Waals surface area contributed by atoms with E-state index in [2.05, 4.69) is 24.4 Å². The Balaban J connectivity index is 2.44. The Morgan fingerprint density at radius 2 is 1.94 bits per heavy atom. The van der Waals surface area contributed by atoms with Crippen LogP contribution in [0, 0.1) is 0 Å². The standard InChI is InChI=1S/C13H21NO2/c1-4-14-9-12-5-7-13(8-6-12)16-11(2)10-15-3/h5-8,11,14H,4,9-10H2,1-3H3.